The van der Waals surface area contributed by atoms with Crippen molar-refractivity contribution >= 4 is 0 Å². The summed E-state index contributed by atoms with van der Waals surface area (Å²) in [5, 5.41) is 12.5. The average Bonchev–Trinajstić information content (AvgIpc) is 2.30. The van der Waals surface area contributed by atoms with Gasteiger partial charge in [-0.25, -0.2) is 0 Å². The largest absolute Gasteiger partial charge is 0.396 e. The minimum atomic E-state index is 0.292. The molecule has 0 aromatic carbocycles. The van der Waals surface area contributed by atoms with Crippen LogP contribution in [0.25, 0.3) is 0 Å². The van der Waals surface area contributed by atoms with E-state index < -0.39 is 0 Å². The van der Waals surface area contributed by atoms with Crippen LogP contribution in [0, 0.1) is 11.8 Å². The van der Waals surface area contributed by atoms with Crippen LogP contribution in [-0.2, 0) is 0 Å². The van der Waals surface area contributed by atoms with Crippen molar-refractivity contribution in [3.8, 4) is 0 Å². The van der Waals surface area contributed by atoms with E-state index in [1.807, 2.05) is 0 Å². The van der Waals surface area contributed by atoms with Gasteiger partial charge >= 0.3 is 0 Å². The molecule has 1 heterocycles. The Hall–Kier alpha value is -0.120. The van der Waals surface area contributed by atoms with Crippen LogP contribution in [0.4, 0.5) is 0 Å². The van der Waals surface area contributed by atoms with Crippen molar-refractivity contribution in [3.05, 3.63) is 0 Å². The van der Waals surface area contributed by atoms with Crippen LogP contribution in [0.5, 0.6) is 0 Å². The van der Waals surface area contributed by atoms with Gasteiger partial charge in [-0.3, -0.25) is 0 Å². The number of likely N-dealkylation sites (tertiary alicyclic amines) is 1. The van der Waals surface area contributed by atoms with Crippen LogP contribution < -0.4 is 5.32 Å². The lowest BCUT2D eigenvalue weighted by Gasteiger charge is -2.35. The Balaban J connectivity index is 2.27. The maximum atomic E-state index is 9.05. The Morgan fingerprint density at radius 2 is 1.94 bits per heavy atom. The van der Waals surface area contributed by atoms with Gasteiger partial charge in [0, 0.05) is 19.2 Å². The number of nitrogens with zero attached hydrogens (tertiary/aromatic N) is 1. The van der Waals surface area contributed by atoms with E-state index in [1.165, 1.54) is 25.9 Å². The summed E-state index contributed by atoms with van der Waals surface area (Å²) in [4.78, 5) is 2.56. The molecule has 1 atom stereocenters. The summed E-state index contributed by atoms with van der Waals surface area (Å²) in [5.74, 6) is 1.75. The summed E-state index contributed by atoms with van der Waals surface area (Å²) < 4.78 is 0. The summed E-state index contributed by atoms with van der Waals surface area (Å²) in [6.45, 7) is 11.7. The first kappa shape index (κ1) is 14.9. The number of likely N-dealkylation sites (N-methyl/N-ethyl adjacent to an activating group) is 1. The molecule has 0 radical (unpaired) electrons. The molecule has 0 bridgehead atoms. The smallest absolute Gasteiger partial charge is 0.0446 e. The highest BCUT2D eigenvalue weighted by molar-refractivity contribution is 4.78. The zero-order chi connectivity index (χ0) is 12.7. The summed E-state index contributed by atoms with van der Waals surface area (Å²) in [5.41, 5.74) is 0. The van der Waals surface area contributed by atoms with Gasteiger partial charge in [0.25, 0.3) is 0 Å². The molecule has 17 heavy (non-hydrogen) atoms. The molecule has 1 fully saturated rings. The van der Waals surface area contributed by atoms with Gasteiger partial charge in [0.15, 0.2) is 0 Å². The molecule has 0 spiro atoms. The number of aliphatic hydroxyl groups is 1. The van der Waals surface area contributed by atoms with Crippen molar-refractivity contribution in [2.45, 2.75) is 46.1 Å². The summed E-state index contributed by atoms with van der Waals surface area (Å²) >= 11 is 0. The molecule has 1 rings (SSSR count). The molecule has 102 valence electrons. The monoisotopic (exact) mass is 242 g/mol. The Morgan fingerprint density at radius 1 is 1.29 bits per heavy atom. The Bertz CT molecular complexity index is 183. The second-order valence-electron chi connectivity index (χ2n) is 5.65. The van der Waals surface area contributed by atoms with Gasteiger partial charge in [0.1, 0.15) is 0 Å². The standard InChI is InChI=1S/C14H30N2O/c1-4-15-14(7-10-17)11-16-8-5-13(6-9-16)12(2)3/h12-15,17H,4-11H2,1-3H3. The van der Waals surface area contributed by atoms with Crippen LogP contribution in [-0.4, -0.2) is 48.8 Å². The van der Waals surface area contributed by atoms with Gasteiger partial charge in [0.2, 0.25) is 0 Å². The quantitative estimate of drug-likeness (QED) is 0.713. The molecular weight excluding hydrogens is 212 g/mol. The van der Waals surface area contributed by atoms with Crippen molar-refractivity contribution < 1.29 is 5.11 Å². The molecule has 1 aliphatic heterocycles. The average molecular weight is 242 g/mol. The van der Waals surface area contributed by atoms with Crippen LogP contribution >= 0.6 is 0 Å². The molecule has 0 amide bonds. The molecule has 1 saturated heterocycles. The topological polar surface area (TPSA) is 35.5 Å². The van der Waals surface area contributed by atoms with Crippen molar-refractivity contribution in [1.82, 2.24) is 10.2 Å². The first-order valence-corrected chi connectivity index (χ1v) is 7.24. The van der Waals surface area contributed by atoms with E-state index in [2.05, 4.69) is 31.0 Å². The van der Waals surface area contributed by atoms with Gasteiger partial charge in [-0.1, -0.05) is 20.8 Å². The first-order chi connectivity index (χ1) is 8.17. The van der Waals surface area contributed by atoms with Crippen LogP contribution in [0.3, 0.4) is 0 Å². The normalized spacial score (nSPS) is 21.0. The lowest BCUT2D eigenvalue weighted by Crippen LogP contribution is -2.45. The van der Waals surface area contributed by atoms with Gasteiger partial charge in [-0.2, -0.15) is 0 Å². The number of rotatable bonds is 7. The fourth-order valence-corrected chi connectivity index (χ4v) is 2.82. The summed E-state index contributed by atoms with van der Waals surface area (Å²) in [7, 11) is 0. The predicted molar refractivity (Wildman–Crippen MR) is 73.2 cm³/mol. The SMILES string of the molecule is CCNC(CCO)CN1CCC(C(C)C)CC1. The number of piperidine rings is 1. The minimum Gasteiger partial charge on any atom is -0.396 e. The molecule has 0 aromatic heterocycles. The number of nitrogens with one attached hydrogen (secondary N) is 1. The number of hydrogen-bond acceptors (Lipinski definition) is 3. The van der Waals surface area contributed by atoms with E-state index in [0.717, 1.165) is 31.3 Å². The Morgan fingerprint density at radius 3 is 2.41 bits per heavy atom. The van der Waals surface area contributed by atoms with E-state index in [1.54, 1.807) is 0 Å². The van der Waals surface area contributed by atoms with Crippen molar-refractivity contribution in [1.29, 1.82) is 0 Å². The third-order valence-corrected chi connectivity index (χ3v) is 4.02. The highest BCUT2D eigenvalue weighted by Gasteiger charge is 2.22. The van der Waals surface area contributed by atoms with Gasteiger partial charge in [0.05, 0.1) is 0 Å². The molecule has 0 saturated carbocycles. The third kappa shape index (κ3) is 5.36. The molecule has 1 aliphatic rings. The van der Waals surface area contributed by atoms with E-state index in [-0.39, 0.29) is 0 Å². The zero-order valence-electron chi connectivity index (χ0n) is 11.8. The van der Waals surface area contributed by atoms with E-state index in [4.69, 9.17) is 5.11 Å². The van der Waals surface area contributed by atoms with Crippen molar-refractivity contribution in [2.75, 3.05) is 32.8 Å². The molecule has 0 aromatic rings. The molecule has 3 heteroatoms. The maximum absolute atomic E-state index is 9.05. The maximum Gasteiger partial charge on any atom is 0.0446 e. The molecular formula is C14H30N2O. The minimum absolute atomic E-state index is 0.292. The van der Waals surface area contributed by atoms with Crippen LogP contribution in [0.1, 0.15) is 40.0 Å². The Labute approximate surface area is 107 Å². The fraction of sp³-hybridized carbons (Fsp3) is 1.00. The molecule has 1 unspecified atom stereocenters. The number of hydrogen-bond donors (Lipinski definition) is 2. The molecule has 2 N–H and O–H groups in total. The van der Waals surface area contributed by atoms with E-state index >= 15 is 0 Å². The van der Waals surface area contributed by atoms with Crippen molar-refractivity contribution in [3.63, 3.8) is 0 Å². The Kier molecular flexibility index (Phi) is 7.09. The zero-order valence-corrected chi connectivity index (χ0v) is 11.8. The number of aliphatic hydroxyl groups excluding tert-OH is 1. The highest BCUT2D eigenvalue weighted by atomic mass is 16.3. The molecule has 0 aliphatic carbocycles. The van der Waals surface area contributed by atoms with Gasteiger partial charge in [-0.05, 0) is 50.7 Å². The lowest BCUT2D eigenvalue weighted by molar-refractivity contribution is 0.138. The van der Waals surface area contributed by atoms with Crippen molar-refractivity contribution in [2.24, 2.45) is 11.8 Å². The second-order valence-corrected chi connectivity index (χ2v) is 5.65. The molecule has 3 nitrogen and oxygen atoms in total. The summed E-state index contributed by atoms with van der Waals surface area (Å²) in [6, 6.07) is 0.459. The predicted octanol–water partition coefficient (Wildman–Crippen LogP) is 1.71. The van der Waals surface area contributed by atoms with Crippen LogP contribution in [0.2, 0.25) is 0 Å². The fourth-order valence-electron chi connectivity index (χ4n) is 2.82. The van der Waals surface area contributed by atoms with Crippen LogP contribution in [0.15, 0.2) is 0 Å². The summed E-state index contributed by atoms with van der Waals surface area (Å²) in [6.07, 6.45) is 3.56. The van der Waals surface area contributed by atoms with E-state index in [0.29, 0.717) is 12.6 Å². The lowest BCUT2D eigenvalue weighted by atomic mass is 9.86. The van der Waals surface area contributed by atoms with Gasteiger partial charge < -0.3 is 15.3 Å². The van der Waals surface area contributed by atoms with E-state index in [9.17, 15) is 0 Å². The third-order valence-electron chi connectivity index (χ3n) is 4.02. The van der Waals surface area contributed by atoms with Gasteiger partial charge in [-0.15, -0.1) is 0 Å². The first-order valence-electron chi connectivity index (χ1n) is 7.24. The highest BCUT2D eigenvalue weighted by Crippen LogP contribution is 2.24. The second kappa shape index (κ2) is 8.06.